The first-order valence-corrected chi connectivity index (χ1v) is 0. The van der Waals surface area contributed by atoms with Gasteiger partial charge in [0.05, 0.1) is 0 Å². The van der Waals surface area contributed by atoms with Crippen molar-refractivity contribution in [2.24, 2.45) is 0 Å². The van der Waals surface area contributed by atoms with Gasteiger partial charge in [-0.25, -0.2) is 0 Å². The third-order valence-corrected chi connectivity index (χ3v) is 0. The van der Waals surface area contributed by atoms with Crippen LogP contribution >= 0.6 is 0 Å². The maximum absolute atomic E-state index is 0. The predicted molar refractivity (Wildman–Crippen MR) is 5.75 cm³/mol. The molecule has 0 saturated carbocycles. The van der Waals surface area contributed by atoms with E-state index in [4.69, 9.17) is 0 Å². The standard InChI is InChI=1S/Ca.2ClH.K.Na/h;2*1H;;/q+2;;;2*+1/p-2. The van der Waals surface area contributed by atoms with E-state index >= 15 is 0 Å². The van der Waals surface area contributed by atoms with Crippen molar-refractivity contribution in [3.05, 3.63) is 0 Å². The van der Waals surface area contributed by atoms with Gasteiger partial charge in [-0.15, -0.1) is 0 Å². The van der Waals surface area contributed by atoms with E-state index in [1.54, 1.807) is 0 Å². The van der Waals surface area contributed by atoms with Crippen LogP contribution in [0.3, 0.4) is 0 Å². The average molecular weight is 173 g/mol. The Balaban J connectivity index is 0. The molecule has 0 rings (SSSR count). The van der Waals surface area contributed by atoms with Crippen molar-refractivity contribution in [3.63, 3.8) is 0 Å². The zero-order chi connectivity index (χ0) is 0. The number of hydrogen-bond acceptors (Lipinski definition) is 0. The first-order valence-electron chi connectivity index (χ1n) is 0. The van der Waals surface area contributed by atoms with Crippen LogP contribution in [0.1, 0.15) is 0 Å². The van der Waals surface area contributed by atoms with Gasteiger partial charge in [0, 0.05) is 0 Å². The molecular formula is CaCl2KNa+2. The fourth-order valence-corrected chi connectivity index (χ4v) is 0. The van der Waals surface area contributed by atoms with Crippen molar-refractivity contribution in [2.75, 3.05) is 0 Å². The first-order chi connectivity index (χ1) is 0. The number of rotatable bonds is 0. The molecule has 0 bridgehead atoms. The minimum absolute atomic E-state index is 0. The Morgan fingerprint density at radius 2 is 0.800 bits per heavy atom. The van der Waals surface area contributed by atoms with E-state index in [0.29, 0.717) is 0 Å². The molecule has 0 aliphatic heterocycles. The van der Waals surface area contributed by atoms with E-state index in [-0.39, 0.29) is 143 Å². The summed E-state index contributed by atoms with van der Waals surface area (Å²) in [6, 6.07) is 0. The summed E-state index contributed by atoms with van der Waals surface area (Å²) in [6.07, 6.45) is 0. The molecule has 0 N–H and O–H groups in total. The fraction of sp³-hybridized carbons (Fsp3) is 0. The molecule has 0 aliphatic carbocycles. The van der Waals surface area contributed by atoms with E-state index in [9.17, 15) is 0 Å². The van der Waals surface area contributed by atoms with Gasteiger partial charge in [0.25, 0.3) is 0 Å². The van der Waals surface area contributed by atoms with Crippen molar-refractivity contribution in [1.29, 1.82) is 0 Å². The Morgan fingerprint density at radius 3 is 0.800 bits per heavy atom. The molecular weight excluding hydrogens is 173 g/mol. The molecule has 0 radical (unpaired) electrons. The largest absolute Gasteiger partial charge is 2.00 e. The summed E-state index contributed by atoms with van der Waals surface area (Å²) in [6.45, 7) is 0. The van der Waals surface area contributed by atoms with Crippen LogP contribution in [-0.2, 0) is 0 Å². The number of hydrogen-bond donors (Lipinski definition) is 0. The van der Waals surface area contributed by atoms with Gasteiger partial charge in [-0.1, -0.05) is 0 Å². The Morgan fingerprint density at radius 1 is 0.800 bits per heavy atom. The molecule has 5 heteroatoms. The summed E-state index contributed by atoms with van der Waals surface area (Å²) in [5.74, 6) is 0. The molecule has 0 aromatic carbocycles. The van der Waals surface area contributed by atoms with Gasteiger partial charge in [0.1, 0.15) is 0 Å². The predicted octanol–water partition coefficient (Wildman–Crippen LogP) is -12.4. The Bertz CT molecular complexity index is 9.61. The molecule has 0 saturated heterocycles. The van der Waals surface area contributed by atoms with Gasteiger partial charge in [-0.05, 0) is 0 Å². The van der Waals surface area contributed by atoms with Crippen LogP contribution in [-0.4, -0.2) is 37.7 Å². The molecule has 0 nitrogen and oxygen atoms in total. The van der Waals surface area contributed by atoms with Crippen molar-refractivity contribution in [3.8, 4) is 0 Å². The molecule has 0 aliphatic rings. The normalized spacial score (nSPS) is 0. The first kappa shape index (κ1) is 34.0. The van der Waals surface area contributed by atoms with Gasteiger partial charge in [-0.2, -0.15) is 0 Å². The monoisotopic (exact) mass is 172 g/mol. The van der Waals surface area contributed by atoms with Crippen LogP contribution in [0.25, 0.3) is 0 Å². The van der Waals surface area contributed by atoms with Gasteiger partial charge >= 0.3 is 119 Å². The zero-order valence-corrected chi connectivity index (χ0v) is 12.3. The molecule has 0 heterocycles. The Labute approximate surface area is 139 Å². The minimum atomic E-state index is 0. The van der Waals surface area contributed by atoms with Gasteiger partial charge in [0.2, 0.25) is 0 Å². The van der Waals surface area contributed by atoms with Gasteiger partial charge in [0.15, 0.2) is 0 Å². The summed E-state index contributed by atoms with van der Waals surface area (Å²) in [4.78, 5) is 0. The average Bonchev–Trinajstić information content (AvgIpc) is 0. The van der Waals surface area contributed by atoms with E-state index in [1.165, 1.54) is 0 Å². The zero-order valence-electron chi connectivity index (χ0n) is 3.46. The molecule has 16 valence electrons. The second kappa shape index (κ2) is 23.6. The topological polar surface area (TPSA) is 0 Å². The van der Waals surface area contributed by atoms with Crippen molar-refractivity contribution >= 4 is 37.7 Å². The Kier molecular flexibility index (Phi) is 161. The van der Waals surface area contributed by atoms with Crippen LogP contribution in [0, 0.1) is 0 Å². The van der Waals surface area contributed by atoms with Crippen LogP contribution in [0.4, 0.5) is 0 Å². The van der Waals surface area contributed by atoms with E-state index in [0.717, 1.165) is 0 Å². The second-order valence-corrected chi connectivity index (χ2v) is 0. The van der Waals surface area contributed by atoms with Crippen LogP contribution in [0.15, 0.2) is 0 Å². The maximum Gasteiger partial charge on any atom is 2.00 e. The summed E-state index contributed by atoms with van der Waals surface area (Å²) >= 11 is 0. The van der Waals surface area contributed by atoms with Gasteiger partial charge in [-0.3, -0.25) is 0 Å². The molecule has 0 atom stereocenters. The molecule has 0 aromatic heterocycles. The third kappa shape index (κ3) is 17.7. The third-order valence-electron chi connectivity index (χ3n) is 0. The minimum Gasteiger partial charge on any atom is -1.00 e. The molecule has 5 heavy (non-hydrogen) atoms. The fourth-order valence-electron chi connectivity index (χ4n) is 0. The van der Waals surface area contributed by atoms with Crippen molar-refractivity contribution in [1.82, 2.24) is 0 Å². The number of halogens is 2. The molecule has 0 fully saturated rings. The maximum atomic E-state index is 0. The van der Waals surface area contributed by atoms with Gasteiger partial charge < -0.3 is 24.8 Å². The second-order valence-electron chi connectivity index (χ2n) is 0. The summed E-state index contributed by atoms with van der Waals surface area (Å²) in [7, 11) is 0. The van der Waals surface area contributed by atoms with Crippen molar-refractivity contribution in [2.45, 2.75) is 0 Å². The smallest absolute Gasteiger partial charge is 1.00 e. The molecule has 0 unspecified atom stereocenters. The van der Waals surface area contributed by atoms with Crippen LogP contribution in [0.5, 0.6) is 0 Å². The summed E-state index contributed by atoms with van der Waals surface area (Å²) in [5, 5.41) is 0. The SMILES string of the molecule is [Ca+2].[Cl-].[Cl-].[K+].[Na+]. The van der Waals surface area contributed by atoms with Crippen molar-refractivity contribution < 1.29 is 106 Å². The quantitative estimate of drug-likeness (QED) is 0.319. The van der Waals surface area contributed by atoms with Crippen LogP contribution < -0.4 is 106 Å². The molecule has 0 aromatic rings. The molecule has 0 spiro atoms. The van der Waals surface area contributed by atoms with E-state index in [2.05, 4.69) is 0 Å². The Hall–Kier alpha value is 4.48. The summed E-state index contributed by atoms with van der Waals surface area (Å²) in [5.41, 5.74) is 0. The summed E-state index contributed by atoms with van der Waals surface area (Å²) < 4.78 is 0. The molecule has 0 amide bonds. The van der Waals surface area contributed by atoms with Crippen LogP contribution in [0.2, 0.25) is 0 Å². The van der Waals surface area contributed by atoms with E-state index < -0.39 is 0 Å². The van der Waals surface area contributed by atoms with E-state index in [1.807, 2.05) is 0 Å².